The van der Waals surface area contributed by atoms with E-state index < -0.39 is 0 Å². The second kappa shape index (κ2) is 5.10. The summed E-state index contributed by atoms with van der Waals surface area (Å²) in [5, 5.41) is 10.4. The standard InChI is InChI=1S/C16H18N4/c1-12-11-19(2)7-8-20(12)16-14(10-17)9-13-5-3-4-6-15(13)18-16/h3-6,9,12H,7-8,11H2,1-2H3. The van der Waals surface area contributed by atoms with Crippen LogP contribution >= 0.6 is 0 Å². The van der Waals surface area contributed by atoms with Crippen LogP contribution in [0.2, 0.25) is 0 Å². The number of nitriles is 1. The fraction of sp³-hybridized carbons (Fsp3) is 0.375. The molecule has 1 aliphatic rings. The van der Waals surface area contributed by atoms with E-state index in [9.17, 15) is 5.26 Å². The number of fused-ring (bicyclic) bond motifs is 1. The lowest BCUT2D eigenvalue weighted by molar-refractivity contribution is 0.274. The summed E-state index contributed by atoms with van der Waals surface area (Å²) in [5.41, 5.74) is 1.62. The van der Waals surface area contributed by atoms with Gasteiger partial charge in [0.1, 0.15) is 11.9 Å². The van der Waals surface area contributed by atoms with E-state index in [4.69, 9.17) is 4.98 Å². The highest BCUT2D eigenvalue weighted by molar-refractivity contribution is 5.83. The number of hydrogen-bond donors (Lipinski definition) is 0. The summed E-state index contributed by atoms with van der Waals surface area (Å²) in [6, 6.07) is 12.6. The zero-order valence-electron chi connectivity index (χ0n) is 11.9. The van der Waals surface area contributed by atoms with Gasteiger partial charge >= 0.3 is 0 Å². The van der Waals surface area contributed by atoms with E-state index >= 15 is 0 Å². The Morgan fingerprint density at radius 3 is 2.85 bits per heavy atom. The molecule has 0 aliphatic carbocycles. The van der Waals surface area contributed by atoms with Gasteiger partial charge in [-0.15, -0.1) is 0 Å². The molecular formula is C16H18N4. The summed E-state index contributed by atoms with van der Waals surface area (Å²) in [6.07, 6.45) is 0. The van der Waals surface area contributed by atoms with Crippen molar-refractivity contribution in [1.82, 2.24) is 9.88 Å². The van der Waals surface area contributed by atoms with Crippen LogP contribution in [0.3, 0.4) is 0 Å². The third-order valence-electron chi connectivity index (χ3n) is 3.93. The Kier molecular flexibility index (Phi) is 3.29. The molecule has 2 heterocycles. The van der Waals surface area contributed by atoms with Crippen molar-refractivity contribution in [2.24, 2.45) is 0 Å². The van der Waals surface area contributed by atoms with Crippen LogP contribution < -0.4 is 4.90 Å². The predicted molar refractivity (Wildman–Crippen MR) is 80.8 cm³/mol. The van der Waals surface area contributed by atoms with Crippen molar-refractivity contribution in [1.29, 1.82) is 5.26 Å². The molecule has 0 spiro atoms. The van der Waals surface area contributed by atoms with Gasteiger partial charge in [-0.25, -0.2) is 4.98 Å². The molecule has 0 N–H and O–H groups in total. The van der Waals surface area contributed by atoms with Crippen molar-refractivity contribution >= 4 is 16.7 Å². The number of piperazine rings is 1. The number of nitrogens with zero attached hydrogens (tertiary/aromatic N) is 4. The molecule has 0 amide bonds. The van der Waals surface area contributed by atoms with E-state index in [-0.39, 0.29) is 0 Å². The van der Waals surface area contributed by atoms with Gasteiger partial charge in [0.15, 0.2) is 0 Å². The van der Waals surface area contributed by atoms with Gasteiger partial charge in [-0.2, -0.15) is 5.26 Å². The van der Waals surface area contributed by atoms with E-state index in [0.717, 1.165) is 36.4 Å². The molecular weight excluding hydrogens is 248 g/mol. The molecule has 3 rings (SSSR count). The third-order valence-corrected chi connectivity index (χ3v) is 3.93. The molecule has 1 aliphatic heterocycles. The summed E-state index contributed by atoms with van der Waals surface area (Å²) in [5.74, 6) is 0.826. The Morgan fingerprint density at radius 1 is 1.30 bits per heavy atom. The van der Waals surface area contributed by atoms with Gasteiger partial charge in [-0.05, 0) is 26.1 Å². The number of pyridine rings is 1. The molecule has 102 valence electrons. The first-order valence-corrected chi connectivity index (χ1v) is 6.94. The van der Waals surface area contributed by atoms with Gasteiger partial charge in [0.25, 0.3) is 0 Å². The van der Waals surface area contributed by atoms with Crippen molar-refractivity contribution in [3.63, 3.8) is 0 Å². The Bertz CT molecular complexity index is 674. The molecule has 20 heavy (non-hydrogen) atoms. The first-order chi connectivity index (χ1) is 9.69. The van der Waals surface area contributed by atoms with Crippen LogP contribution in [-0.2, 0) is 0 Å². The van der Waals surface area contributed by atoms with Gasteiger partial charge in [-0.3, -0.25) is 0 Å². The van der Waals surface area contributed by atoms with E-state index in [1.54, 1.807) is 0 Å². The SMILES string of the molecule is CC1CN(C)CCN1c1nc2ccccc2cc1C#N. The van der Waals surface area contributed by atoms with Crippen LogP contribution in [-0.4, -0.2) is 42.6 Å². The Hall–Kier alpha value is -2.12. The van der Waals surface area contributed by atoms with Crippen LogP contribution in [0.15, 0.2) is 30.3 Å². The van der Waals surface area contributed by atoms with Crippen molar-refractivity contribution in [3.05, 3.63) is 35.9 Å². The highest BCUT2D eigenvalue weighted by atomic mass is 15.3. The molecule has 1 aromatic heterocycles. The lowest BCUT2D eigenvalue weighted by Crippen LogP contribution is -2.51. The van der Waals surface area contributed by atoms with E-state index in [0.29, 0.717) is 11.6 Å². The quantitative estimate of drug-likeness (QED) is 0.794. The van der Waals surface area contributed by atoms with Crippen LogP contribution in [0.5, 0.6) is 0 Å². The number of aromatic nitrogens is 1. The Labute approximate surface area is 119 Å². The molecule has 0 bridgehead atoms. The molecule has 4 nitrogen and oxygen atoms in total. The van der Waals surface area contributed by atoms with Crippen molar-refractivity contribution in [2.45, 2.75) is 13.0 Å². The molecule has 4 heteroatoms. The topological polar surface area (TPSA) is 43.2 Å². The summed E-state index contributed by atoms with van der Waals surface area (Å²) >= 11 is 0. The van der Waals surface area contributed by atoms with Crippen LogP contribution in [0.1, 0.15) is 12.5 Å². The summed E-state index contributed by atoms with van der Waals surface area (Å²) in [7, 11) is 2.13. The summed E-state index contributed by atoms with van der Waals surface area (Å²) in [4.78, 5) is 9.30. The highest BCUT2D eigenvalue weighted by Crippen LogP contribution is 2.25. The average Bonchev–Trinajstić information content (AvgIpc) is 2.46. The van der Waals surface area contributed by atoms with Gasteiger partial charge in [0, 0.05) is 31.1 Å². The van der Waals surface area contributed by atoms with Crippen LogP contribution in [0.25, 0.3) is 10.9 Å². The monoisotopic (exact) mass is 266 g/mol. The second-order valence-electron chi connectivity index (χ2n) is 5.47. The van der Waals surface area contributed by atoms with Crippen molar-refractivity contribution in [2.75, 3.05) is 31.6 Å². The zero-order valence-corrected chi connectivity index (χ0v) is 11.9. The number of rotatable bonds is 1. The zero-order chi connectivity index (χ0) is 14.1. The maximum absolute atomic E-state index is 9.42. The van der Waals surface area contributed by atoms with Gasteiger partial charge in [0.2, 0.25) is 0 Å². The smallest absolute Gasteiger partial charge is 0.147 e. The van der Waals surface area contributed by atoms with Crippen molar-refractivity contribution in [3.8, 4) is 6.07 Å². The molecule has 0 radical (unpaired) electrons. The minimum absolute atomic E-state index is 0.370. The first-order valence-electron chi connectivity index (χ1n) is 6.94. The fourth-order valence-corrected chi connectivity index (χ4v) is 2.86. The molecule has 1 unspecified atom stereocenters. The van der Waals surface area contributed by atoms with Gasteiger partial charge < -0.3 is 9.80 Å². The van der Waals surface area contributed by atoms with Crippen LogP contribution in [0, 0.1) is 11.3 Å². The molecule has 2 aromatic rings. The number of likely N-dealkylation sites (N-methyl/N-ethyl adjacent to an activating group) is 1. The van der Waals surface area contributed by atoms with Crippen LogP contribution in [0.4, 0.5) is 5.82 Å². The number of para-hydroxylation sites is 1. The number of hydrogen-bond acceptors (Lipinski definition) is 4. The lowest BCUT2D eigenvalue weighted by Gasteiger charge is -2.39. The molecule has 1 aromatic carbocycles. The number of benzene rings is 1. The summed E-state index contributed by atoms with van der Waals surface area (Å²) < 4.78 is 0. The molecule has 1 atom stereocenters. The molecule has 0 saturated carbocycles. The average molecular weight is 266 g/mol. The molecule has 1 fully saturated rings. The molecule has 1 saturated heterocycles. The van der Waals surface area contributed by atoms with E-state index in [2.05, 4.69) is 29.8 Å². The number of anilines is 1. The predicted octanol–water partition coefficient (Wildman–Crippen LogP) is 2.25. The highest BCUT2D eigenvalue weighted by Gasteiger charge is 2.25. The normalized spacial score (nSPS) is 20.1. The maximum atomic E-state index is 9.42. The largest absolute Gasteiger partial charge is 0.350 e. The minimum atomic E-state index is 0.370. The second-order valence-corrected chi connectivity index (χ2v) is 5.47. The van der Waals surface area contributed by atoms with Gasteiger partial charge in [-0.1, -0.05) is 18.2 Å². The van der Waals surface area contributed by atoms with Gasteiger partial charge in [0.05, 0.1) is 11.1 Å². The van der Waals surface area contributed by atoms with E-state index in [1.807, 2.05) is 30.3 Å². The minimum Gasteiger partial charge on any atom is -0.350 e. The maximum Gasteiger partial charge on any atom is 0.147 e. The summed E-state index contributed by atoms with van der Waals surface area (Å²) in [6.45, 7) is 5.11. The third kappa shape index (κ3) is 2.21. The Morgan fingerprint density at radius 2 is 2.10 bits per heavy atom. The van der Waals surface area contributed by atoms with Crippen molar-refractivity contribution < 1.29 is 0 Å². The first kappa shape index (κ1) is 12.9. The Balaban J connectivity index is 2.08. The van der Waals surface area contributed by atoms with E-state index in [1.165, 1.54) is 0 Å². The lowest BCUT2D eigenvalue weighted by atomic mass is 10.1. The fourth-order valence-electron chi connectivity index (χ4n) is 2.86.